The maximum Gasteiger partial charge on any atom is 0.308 e. The molecule has 13 N–H and O–H groups in total. The van der Waals surface area contributed by atoms with Gasteiger partial charge >= 0.3 is 5.97 Å². The average molecular weight is 1200 g/mol. The molecule has 22 heteroatoms. The zero-order valence-corrected chi connectivity index (χ0v) is 49.3. The zero-order valence-electron chi connectivity index (χ0n) is 49.3. The third-order valence-corrected chi connectivity index (χ3v) is 15.7. The SMILES string of the molecule is CNc1ccc(C(=O)CC(O)CCC(C)C2OC(=O)CC(O)CC(=O)CC(O)CC(O)CC(O)CC(O)CC3(O)CC(O)C(C(=O)N4CCOCC4)C(CC(OC4OC(C)C(O)C(N)C4O)C=CC=CC=CC=CC=CC=CC=CC2C)O3)cc1. The number of cyclic esters (lactones) is 1. The van der Waals surface area contributed by atoms with Gasteiger partial charge in [0.05, 0.1) is 98.7 Å². The van der Waals surface area contributed by atoms with E-state index in [2.05, 4.69) is 5.32 Å². The number of nitrogens with two attached hydrogens (primary N) is 1. The third-order valence-electron chi connectivity index (χ3n) is 15.7. The molecule has 19 atom stereocenters. The Labute approximate surface area is 498 Å². The minimum Gasteiger partial charge on any atom is -0.461 e. The first-order valence-electron chi connectivity index (χ1n) is 29.6. The van der Waals surface area contributed by atoms with Crippen LogP contribution >= 0.6 is 0 Å². The number of amides is 1. The number of morpholine rings is 1. The van der Waals surface area contributed by atoms with E-state index in [0.717, 1.165) is 5.69 Å². The fourth-order valence-corrected chi connectivity index (χ4v) is 11.1. The van der Waals surface area contributed by atoms with E-state index in [1.165, 1.54) is 4.90 Å². The third kappa shape index (κ3) is 23.8. The minimum atomic E-state index is -2.28. The molecule has 85 heavy (non-hydrogen) atoms. The number of carbonyl (C=O) groups excluding carboxylic acids is 4. The molecule has 19 unspecified atom stereocenters. The Kier molecular flexibility index (Phi) is 29.6. The first kappa shape index (κ1) is 70.6. The van der Waals surface area contributed by atoms with Crippen LogP contribution < -0.4 is 11.1 Å². The van der Waals surface area contributed by atoms with Crippen molar-refractivity contribution in [2.24, 2.45) is 23.5 Å². The molecule has 0 aromatic heterocycles. The van der Waals surface area contributed by atoms with Crippen LogP contribution in [-0.4, -0.2) is 210 Å². The number of Topliss-reactive ketones (excluding diaryl/α,β-unsaturated/α-hetero) is 2. The van der Waals surface area contributed by atoms with E-state index >= 15 is 0 Å². The van der Waals surface area contributed by atoms with E-state index in [4.69, 9.17) is 29.4 Å². The van der Waals surface area contributed by atoms with Gasteiger partial charge in [-0.05, 0) is 69.2 Å². The van der Waals surface area contributed by atoms with E-state index in [0.29, 0.717) is 12.0 Å². The van der Waals surface area contributed by atoms with Crippen molar-refractivity contribution in [2.45, 2.75) is 195 Å². The van der Waals surface area contributed by atoms with Gasteiger partial charge in [0.15, 0.2) is 17.9 Å². The van der Waals surface area contributed by atoms with Crippen molar-refractivity contribution < 1.29 is 93.9 Å². The highest BCUT2D eigenvalue weighted by Gasteiger charge is 2.52. The Balaban J connectivity index is 1.35. The molecule has 3 fully saturated rings. The minimum absolute atomic E-state index is 0.102. The Morgan fingerprint density at radius 1 is 0.729 bits per heavy atom. The quantitative estimate of drug-likeness (QED) is 0.112. The second kappa shape index (κ2) is 35.6. The molecule has 1 amide bonds. The van der Waals surface area contributed by atoms with Crippen molar-refractivity contribution in [2.75, 3.05) is 38.7 Å². The number of nitrogens with zero attached hydrogens (tertiary/aromatic N) is 1. The average Bonchev–Trinajstić information content (AvgIpc) is 1.91. The van der Waals surface area contributed by atoms with Crippen LogP contribution in [0, 0.1) is 17.8 Å². The van der Waals surface area contributed by atoms with Crippen LogP contribution in [0.2, 0.25) is 0 Å². The summed E-state index contributed by atoms with van der Waals surface area (Å²) in [5, 5.41) is 114. The number of hydrogen-bond donors (Lipinski definition) is 12. The predicted molar refractivity (Wildman–Crippen MR) is 315 cm³/mol. The lowest BCUT2D eigenvalue weighted by atomic mass is 9.81. The van der Waals surface area contributed by atoms with Gasteiger partial charge in [-0.2, -0.15) is 0 Å². The highest BCUT2D eigenvalue weighted by molar-refractivity contribution is 5.96. The summed E-state index contributed by atoms with van der Waals surface area (Å²) in [4.78, 5) is 55.1. The molecule has 474 valence electrons. The van der Waals surface area contributed by atoms with Crippen molar-refractivity contribution in [3.63, 3.8) is 0 Å². The summed E-state index contributed by atoms with van der Waals surface area (Å²) in [6, 6.07) is 5.78. The highest BCUT2D eigenvalue weighted by atomic mass is 16.7. The first-order valence-corrected chi connectivity index (χ1v) is 29.6. The monoisotopic (exact) mass is 1200 g/mol. The van der Waals surface area contributed by atoms with Crippen molar-refractivity contribution in [3.05, 3.63) is 115 Å². The molecule has 3 saturated heterocycles. The van der Waals surface area contributed by atoms with Crippen LogP contribution in [0.25, 0.3) is 0 Å². The number of esters is 1. The summed E-state index contributed by atoms with van der Waals surface area (Å²) >= 11 is 0. The van der Waals surface area contributed by atoms with Gasteiger partial charge in [0, 0.05) is 75.8 Å². The zero-order chi connectivity index (χ0) is 62.2. The second-order valence-corrected chi connectivity index (χ2v) is 23.0. The summed E-state index contributed by atoms with van der Waals surface area (Å²) in [6.45, 7) is 6.24. The molecule has 0 aliphatic carbocycles. The van der Waals surface area contributed by atoms with Crippen LogP contribution in [0.5, 0.6) is 0 Å². The van der Waals surface area contributed by atoms with Gasteiger partial charge in [-0.15, -0.1) is 0 Å². The van der Waals surface area contributed by atoms with E-state index in [1.54, 1.807) is 117 Å². The lowest BCUT2D eigenvalue weighted by molar-refractivity contribution is -0.308. The normalized spacial score (nSPS) is 35.0. The fourth-order valence-electron chi connectivity index (χ4n) is 11.1. The van der Waals surface area contributed by atoms with E-state index < -0.39 is 160 Å². The molecule has 1 aromatic carbocycles. The Bertz CT molecular complexity index is 2440. The number of nitrogens with one attached hydrogen (secondary N) is 1. The number of benzene rings is 1. The Hall–Kier alpha value is -5.12. The molecule has 5 rings (SSSR count). The standard InChI is InChI=1S/C63H93N3O19/c1-39-17-15-13-11-9-7-5-6-8-10-12-14-16-18-51(83-62-59(78)57(64)58(77)41(3)82-62)36-54-56(61(79)66-25-27-81-28-26-66)53(75)38-63(80,85-54)37-50(73)33-48(71)31-46(69)29-45(68)30-47(70)32-49(72)35-55(76)84-60(39)40(2)19-24-44(67)34-52(74)42-20-22-43(65-4)23-21-42/h5-18,20-23,39-41,44-46,48-51,53-54,56-60,62,65,67-69,71-73,75,77-78,80H,19,24-38,64H2,1-4H3. The highest BCUT2D eigenvalue weighted by Crippen LogP contribution is 2.39. The molecule has 0 radical (unpaired) electrons. The lowest BCUT2D eigenvalue weighted by Gasteiger charge is -2.47. The van der Waals surface area contributed by atoms with Crippen molar-refractivity contribution in [3.8, 4) is 0 Å². The van der Waals surface area contributed by atoms with Gasteiger partial charge in [-0.3, -0.25) is 19.2 Å². The fraction of sp³-hybridized carbons (Fsp3) is 0.619. The Morgan fingerprint density at radius 3 is 1.91 bits per heavy atom. The molecule has 22 nitrogen and oxygen atoms in total. The number of hydrogen-bond acceptors (Lipinski definition) is 21. The summed E-state index contributed by atoms with van der Waals surface area (Å²) in [7, 11) is 1.77. The number of allylic oxidation sites excluding steroid dienone is 12. The van der Waals surface area contributed by atoms with E-state index in [-0.39, 0.29) is 76.0 Å². The van der Waals surface area contributed by atoms with Gasteiger partial charge in [0.2, 0.25) is 5.91 Å². The lowest BCUT2D eigenvalue weighted by Crippen LogP contribution is -2.62. The topological polar surface area (TPSA) is 358 Å². The van der Waals surface area contributed by atoms with Gasteiger partial charge < -0.3 is 90.7 Å². The van der Waals surface area contributed by atoms with Crippen molar-refractivity contribution >= 4 is 29.1 Å². The molecule has 0 spiro atoms. The molecule has 4 aliphatic heterocycles. The van der Waals surface area contributed by atoms with Gasteiger partial charge in [-0.25, -0.2) is 0 Å². The number of ether oxygens (including phenoxy) is 5. The second-order valence-electron chi connectivity index (χ2n) is 23.0. The summed E-state index contributed by atoms with van der Waals surface area (Å²) in [6.07, 6.45) is 3.42. The molecule has 2 bridgehead atoms. The number of aliphatic hydroxyl groups excluding tert-OH is 9. The molecule has 1 aromatic rings. The number of anilines is 1. The number of fused-ring (bicyclic) bond motifs is 2. The summed E-state index contributed by atoms with van der Waals surface area (Å²) in [5.41, 5.74) is 7.45. The maximum atomic E-state index is 14.2. The van der Waals surface area contributed by atoms with Crippen LogP contribution in [-0.2, 0) is 38.1 Å². The van der Waals surface area contributed by atoms with Gasteiger partial charge in [-0.1, -0.05) is 98.9 Å². The molecular formula is C63H93N3O19. The number of rotatable bonds is 11. The smallest absolute Gasteiger partial charge is 0.308 e. The number of aliphatic hydroxyl groups is 10. The number of carbonyl (C=O) groups is 4. The predicted octanol–water partition coefficient (Wildman–Crippen LogP) is 2.52. The molecule has 0 saturated carbocycles. The van der Waals surface area contributed by atoms with Crippen molar-refractivity contribution in [1.82, 2.24) is 4.90 Å². The van der Waals surface area contributed by atoms with Gasteiger partial charge in [0.25, 0.3) is 0 Å². The van der Waals surface area contributed by atoms with Crippen LogP contribution in [0.3, 0.4) is 0 Å². The first-order chi connectivity index (χ1) is 40.4. The summed E-state index contributed by atoms with van der Waals surface area (Å²) < 4.78 is 29.8. The van der Waals surface area contributed by atoms with Gasteiger partial charge in [0.1, 0.15) is 18.0 Å². The Morgan fingerprint density at radius 2 is 1.29 bits per heavy atom. The van der Waals surface area contributed by atoms with E-state index in [9.17, 15) is 70.2 Å². The van der Waals surface area contributed by atoms with Crippen LogP contribution in [0.15, 0.2) is 109 Å². The summed E-state index contributed by atoms with van der Waals surface area (Å²) in [5.74, 6) is -6.32. The van der Waals surface area contributed by atoms with E-state index in [1.807, 2.05) is 19.9 Å². The largest absolute Gasteiger partial charge is 0.461 e. The maximum absolute atomic E-state index is 14.2. The molecule has 4 heterocycles. The molecule has 4 aliphatic rings. The van der Waals surface area contributed by atoms with Crippen LogP contribution in [0.4, 0.5) is 5.69 Å². The number of ketones is 2. The van der Waals surface area contributed by atoms with Crippen LogP contribution in [0.1, 0.15) is 108 Å². The van der Waals surface area contributed by atoms with Crippen molar-refractivity contribution in [1.29, 1.82) is 0 Å². The molecular weight excluding hydrogens is 1100 g/mol.